The van der Waals surface area contributed by atoms with E-state index in [1.54, 1.807) is 24.3 Å². The first-order valence-corrected chi connectivity index (χ1v) is 12.7. The van der Waals surface area contributed by atoms with Crippen molar-refractivity contribution in [1.82, 2.24) is 5.32 Å². The smallest absolute Gasteiger partial charge is 0.335 e. The number of rotatable bonds is 11. The van der Waals surface area contributed by atoms with E-state index in [0.29, 0.717) is 17.9 Å². The summed E-state index contributed by atoms with van der Waals surface area (Å²) in [6, 6.07) is 18.2. The third-order valence-corrected chi connectivity index (χ3v) is 5.77. The number of hydrogen-bond donors (Lipinski definition) is 5. The molecule has 3 aromatic rings. The fourth-order valence-electron chi connectivity index (χ4n) is 3.30. The molecule has 0 saturated heterocycles. The Morgan fingerprint density at radius 2 is 1.60 bits per heavy atom. The molecule has 0 fully saturated rings. The SMILES string of the molecule is C[C@H](COc1ccc(-c2ccc(C(=O)O)cc2)cc1)NC[C@@H](O)c1ccc(O)c(NS(C)(=O)=O)c1. The number of aromatic hydroxyl groups is 1. The minimum atomic E-state index is -3.57. The maximum Gasteiger partial charge on any atom is 0.335 e. The molecule has 9 nitrogen and oxygen atoms in total. The average Bonchev–Trinajstić information content (AvgIpc) is 2.82. The number of sulfonamides is 1. The van der Waals surface area contributed by atoms with Crippen LogP contribution in [0.25, 0.3) is 11.1 Å². The van der Waals surface area contributed by atoms with E-state index in [4.69, 9.17) is 9.84 Å². The minimum Gasteiger partial charge on any atom is -0.506 e. The maximum absolute atomic E-state index is 11.4. The highest BCUT2D eigenvalue weighted by molar-refractivity contribution is 7.92. The number of aliphatic hydroxyl groups excluding tert-OH is 1. The van der Waals surface area contributed by atoms with Crippen molar-refractivity contribution in [3.8, 4) is 22.6 Å². The molecule has 0 aliphatic rings. The summed E-state index contributed by atoms with van der Waals surface area (Å²) in [5.41, 5.74) is 2.51. The molecular weight excluding hydrogens is 472 g/mol. The third-order valence-electron chi connectivity index (χ3n) is 5.18. The molecule has 2 atom stereocenters. The summed E-state index contributed by atoms with van der Waals surface area (Å²) in [7, 11) is -3.57. The zero-order chi connectivity index (χ0) is 25.6. The summed E-state index contributed by atoms with van der Waals surface area (Å²) in [4.78, 5) is 11.0. The zero-order valence-corrected chi connectivity index (χ0v) is 20.1. The standard InChI is InChI=1S/C25H28N2O7S/c1-16(26-14-24(29)20-9-12-23(28)22(13-20)27-35(2,32)33)15-34-21-10-7-18(8-11-21)17-3-5-19(6-4-17)25(30)31/h3-13,16,24,26-29H,14-15H2,1-2H3,(H,30,31)/t16-,24-/m1/s1. The maximum atomic E-state index is 11.4. The van der Waals surface area contributed by atoms with Gasteiger partial charge in [-0.2, -0.15) is 0 Å². The van der Waals surface area contributed by atoms with Crippen LogP contribution < -0.4 is 14.8 Å². The Morgan fingerprint density at radius 3 is 2.17 bits per heavy atom. The number of ether oxygens (including phenoxy) is 1. The Hall–Kier alpha value is -3.60. The molecule has 0 aliphatic carbocycles. The predicted molar refractivity (Wildman–Crippen MR) is 133 cm³/mol. The molecule has 0 spiro atoms. The van der Waals surface area contributed by atoms with Gasteiger partial charge in [-0.1, -0.05) is 30.3 Å². The topological polar surface area (TPSA) is 145 Å². The number of benzene rings is 3. The lowest BCUT2D eigenvalue weighted by molar-refractivity contribution is 0.0697. The van der Waals surface area contributed by atoms with Gasteiger partial charge in [-0.3, -0.25) is 4.72 Å². The van der Waals surface area contributed by atoms with Gasteiger partial charge in [0.2, 0.25) is 10.0 Å². The van der Waals surface area contributed by atoms with Crippen molar-refractivity contribution in [3.63, 3.8) is 0 Å². The van der Waals surface area contributed by atoms with Gasteiger partial charge in [0.1, 0.15) is 18.1 Å². The summed E-state index contributed by atoms with van der Waals surface area (Å²) in [6.07, 6.45) is 0.0511. The van der Waals surface area contributed by atoms with Gasteiger partial charge in [0, 0.05) is 12.6 Å². The molecule has 0 bridgehead atoms. The van der Waals surface area contributed by atoms with E-state index < -0.39 is 22.1 Å². The van der Waals surface area contributed by atoms with Crippen LogP contribution >= 0.6 is 0 Å². The number of carboxylic acid groups (broad SMARTS) is 1. The number of aromatic carboxylic acids is 1. The normalized spacial score (nSPS) is 13.1. The van der Waals surface area contributed by atoms with Crippen molar-refractivity contribution in [1.29, 1.82) is 0 Å². The molecule has 10 heteroatoms. The van der Waals surface area contributed by atoms with Crippen LogP contribution in [0.15, 0.2) is 66.7 Å². The highest BCUT2D eigenvalue weighted by Gasteiger charge is 2.14. The van der Waals surface area contributed by atoms with Gasteiger partial charge >= 0.3 is 5.97 Å². The number of phenols is 1. The highest BCUT2D eigenvalue weighted by atomic mass is 32.2. The Balaban J connectivity index is 1.50. The number of nitrogens with one attached hydrogen (secondary N) is 2. The van der Waals surface area contributed by atoms with Crippen LogP contribution in [0, 0.1) is 0 Å². The molecule has 0 saturated carbocycles. The molecule has 186 valence electrons. The van der Waals surface area contributed by atoms with E-state index in [1.165, 1.54) is 18.2 Å². The summed E-state index contributed by atoms with van der Waals surface area (Å²) >= 11 is 0. The van der Waals surface area contributed by atoms with Gasteiger partial charge < -0.3 is 25.4 Å². The largest absolute Gasteiger partial charge is 0.506 e. The van der Waals surface area contributed by atoms with E-state index in [0.717, 1.165) is 17.4 Å². The summed E-state index contributed by atoms with van der Waals surface area (Å²) in [6.45, 7) is 2.44. The monoisotopic (exact) mass is 500 g/mol. The molecule has 3 rings (SSSR count). The van der Waals surface area contributed by atoms with Crippen molar-refractivity contribution in [3.05, 3.63) is 77.9 Å². The second kappa shape index (κ2) is 11.2. The molecular formula is C25H28N2O7S. The van der Waals surface area contributed by atoms with Gasteiger partial charge in [-0.25, -0.2) is 13.2 Å². The quantitative estimate of drug-likeness (QED) is 0.252. The number of hydrogen-bond acceptors (Lipinski definition) is 7. The fraction of sp³-hybridized carbons (Fsp3) is 0.240. The number of carbonyl (C=O) groups is 1. The van der Waals surface area contributed by atoms with Gasteiger partial charge in [0.15, 0.2) is 0 Å². The Labute approximate surface area is 204 Å². The van der Waals surface area contributed by atoms with E-state index in [1.807, 2.05) is 31.2 Å². The number of aliphatic hydroxyl groups is 1. The minimum absolute atomic E-state index is 0.00158. The van der Waals surface area contributed by atoms with Crippen molar-refractivity contribution in [2.75, 3.05) is 24.1 Å². The molecule has 0 heterocycles. The molecule has 0 unspecified atom stereocenters. The summed E-state index contributed by atoms with van der Waals surface area (Å²) < 4.78 is 30.9. The van der Waals surface area contributed by atoms with E-state index in [9.17, 15) is 23.4 Å². The van der Waals surface area contributed by atoms with Crippen LogP contribution in [0.5, 0.6) is 11.5 Å². The summed E-state index contributed by atoms with van der Waals surface area (Å²) in [5.74, 6) is -0.531. The summed E-state index contributed by atoms with van der Waals surface area (Å²) in [5, 5.41) is 32.5. The third kappa shape index (κ3) is 7.71. The number of phenolic OH excluding ortho intramolecular Hbond substituents is 1. The molecule has 0 aromatic heterocycles. The predicted octanol–water partition coefficient (Wildman–Crippen LogP) is 3.22. The van der Waals surface area contributed by atoms with Gasteiger partial charge in [0.05, 0.1) is 23.6 Å². The van der Waals surface area contributed by atoms with Crippen molar-refractivity contribution in [2.45, 2.75) is 19.1 Å². The first-order valence-electron chi connectivity index (χ1n) is 10.8. The number of carboxylic acids is 1. The second-order valence-corrected chi connectivity index (χ2v) is 9.94. The molecule has 35 heavy (non-hydrogen) atoms. The zero-order valence-electron chi connectivity index (χ0n) is 19.3. The molecule has 0 radical (unpaired) electrons. The Bertz CT molecular complexity index is 1260. The second-order valence-electron chi connectivity index (χ2n) is 8.19. The van der Waals surface area contributed by atoms with Crippen LogP contribution in [-0.2, 0) is 10.0 Å². The van der Waals surface area contributed by atoms with Crippen LogP contribution in [0.1, 0.15) is 28.9 Å². The van der Waals surface area contributed by atoms with Crippen LogP contribution in [0.2, 0.25) is 0 Å². The van der Waals surface area contributed by atoms with Crippen LogP contribution in [0.4, 0.5) is 5.69 Å². The van der Waals surface area contributed by atoms with Crippen molar-refractivity contribution >= 4 is 21.7 Å². The average molecular weight is 501 g/mol. The first kappa shape index (κ1) is 26.0. The number of anilines is 1. The lowest BCUT2D eigenvalue weighted by atomic mass is 10.0. The highest BCUT2D eigenvalue weighted by Crippen LogP contribution is 2.28. The lowest BCUT2D eigenvalue weighted by Gasteiger charge is -2.19. The van der Waals surface area contributed by atoms with E-state index in [2.05, 4.69) is 10.0 Å². The van der Waals surface area contributed by atoms with E-state index >= 15 is 0 Å². The molecule has 5 N–H and O–H groups in total. The Morgan fingerprint density at radius 1 is 1.00 bits per heavy atom. The lowest BCUT2D eigenvalue weighted by Crippen LogP contribution is -2.34. The molecule has 0 aliphatic heterocycles. The van der Waals surface area contributed by atoms with Crippen molar-refractivity contribution in [2.24, 2.45) is 0 Å². The fourth-order valence-corrected chi connectivity index (χ4v) is 3.87. The van der Waals surface area contributed by atoms with Crippen molar-refractivity contribution < 1.29 is 33.3 Å². The van der Waals surface area contributed by atoms with Crippen LogP contribution in [0.3, 0.4) is 0 Å². The molecule has 3 aromatic carbocycles. The van der Waals surface area contributed by atoms with Gasteiger partial charge in [0.25, 0.3) is 0 Å². The molecule has 0 amide bonds. The van der Waals surface area contributed by atoms with E-state index in [-0.39, 0.29) is 29.6 Å². The Kier molecular flexibility index (Phi) is 8.34. The van der Waals surface area contributed by atoms with Gasteiger partial charge in [-0.05, 0) is 60.0 Å². The van der Waals surface area contributed by atoms with Crippen LogP contribution in [-0.4, -0.2) is 55.2 Å². The first-order chi connectivity index (χ1) is 16.5. The van der Waals surface area contributed by atoms with Gasteiger partial charge in [-0.15, -0.1) is 0 Å².